The van der Waals surface area contributed by atoms with Crippen LogP contribution in [0.3, 0.4) is 0 Å². The smallest absolute Gasteiger partial charge is 0.252 e. The fourth-order valence-electron chi connectivity index (χ4n) is 2.86. The molecule has 0 aliphatic heterocycles. The summed E-state index contributed by atoms with van der Waals surface area (Å²) in [4.78, 5) is 13.7. The molecule has 1 saturated carbocycles. The number of rotatable bonds is 5. The zero-order valence-electron chi connectivity index (χ0n) is 13.1. The molecule has 116 valence electrons. The first kappa shape index (κ1) is 16.4. The average Bonchev–Trinajstić information content (AvgIpc) is 2.48. The molecule has 0 unspecified atom stereocenters. The van der Waals surface area contributed by atoms with E-state index in [0.717, 1.165) is 35.5 Å². The fourth-order valence-corrected chi connectivity index (χ4v) is 3.77. The van der Waals surface area contributed by atoms with Gasteiger partial charge >= 0.3 is 0 Å². The number of carbonyl (C=O) groups is 1. The Kier molecular flexibility index (Phi) is 7.14. The van der Waals surface area contributed by atoms with Crippen molar-refractivity contribution in [3.8, 4) is 0 Å². The topological polar surface area (TPSA) is 29.1 Å². The first-order chi connectivity index (χ1) is 10.3. The number of thioether (sulfide) groups is 1. The molecule has 1 amide bonds. The Bertz CT molecular complexity index is 439. The maximum atomic E-state index is 12.6. The molecule has 1 N–H and O–H groups in total. The third-order valence-electron chi connectivity index (χ3n) is 4.03. The van der Waals surface area contributed by atoms with Crippen LogP contribution in [0.4, 0.5) is 0 Å². The average molecular weight is 305 g/mol. The van der Waals surface area contributed by atoms with E-state index in [2.05, 4.69) is 18.3 Å². The highest BCUT2D eigenvalue weighted by Crippen LogP contribution is 2.24. The summed E-state index contributed by atoms with van der Waals surface area (Å²) in [7, 11) is 0. The molecule has 1 aliphatic carbocycles. The van der Waals surface area contributed by atoms with Gasteiger partial charge < -0.3 is 5.32 Å². The lowest BCUT2D eigenvalue weighted by Gasteiger charge is -2.21. The Morgan fingerprint density at radius 1 is 1.14 bits per heavy atom. The van der Waals surface area contributed by atoms with Crippen LogP contribution >= 0.6 is 11.8 Å². The van der Waals surface area contributed by atoms with Gasteiger partial charge in [0, 0.05) is 10.9 Å². The Labute approximate surface area is 133 Å². The second-order valence-corrected chi connectivity index (χ2v) is 7.00. The summed E-state index contributed by atoms with van der Waals surface area (Å²) in [5, 5.41) is 3.27. The quantitative estimate of drug-likeness (QED) is 0.773. The van der Waals surface area contributed by atoms with E-state index in [1.54, 1.807) is 11.8 Å². The van der Waals surface area contributed by atoms with Crippen molar-refractivity contribution in [2.24, 2.45) is 0 Å². The van der Waals surface area contributed by atoms with Crippen molar-refractivity contribution in [3.63, 3.8) is 0 Å². The number of benzene rings is 1. The summed E-state index contributed by atoms with van der Waals surface area (Å²) in [6.07, 6.45) is 9.88. The van der Waals surface area contributed by atoms with Gasteiger partial charge in [0.05, 0.1) is 5.56 Å². The highest BCUT2D eigenvalue weighted by atomic mass is 32.2. The molecule has 0 saturated heterocycles. The van der Waals surface area contributed by atoms with Crippen LogP contribution in [0.1, 0.15) is 68.6 Å². The standard InChI is InChI=1S/C18H27NOS/c1-2-14-21-17-13-9-8-12-16(17)18(20)19-15-10-6-4-3-5-7-11-15/h8-9,12-13,15H,2-7,10-11,14H2,1H3,(H,19,20). The number of amides is 1. The van der Waals surface area contributed by atoms with E-state index in [0.29, 0.717) is 6.04 Å². The summed E-state index contributed by atoms with van der Waals surface area (Å²) < 4.78 is 0. The third kappa shape index (κ3) is 5.39. The summed E-state index contributed by atoms with van der Waals surface area (Å²) in [5.74, 6) is 1.17. The minimum atomic E-state index is 0.111. The zero-order valence-corrected chi connectivity index (χ0v) is 13.9. The van der Waals surface area contributed by atoms with Crippen molar-refractivity contribution in [3.05, 3.63) is 29.8 Å². The van der Waals surface area contributed by atoms with Gasteiger partial charge in [0.25, 0.3) is 5.91 Å². The Balaban J connectivity index is 1.98. The van der Waals surface area contributed by atoms with Crippen molar-refractivity contribution in [2.45, 2.75) is 69.2 Å². The van der Waals surface area contributed by atoms with Gasteiger partial charge in [0.2, 0.25) is 0 Å². The highest BCUT2D eigenvalue weighted by Gasteiger charge is 2.17. The first-order valence-electron chi connectivity index (χ1n) is 8.34. The van der Waals surface area contributed by atoms with E-state index in [4.69, 9.17) is 0 Å². The van der Waals surface area contributed by atoms with Gasteiger partial charge in [-0.15, -0.1) is 11.8 Å². The molecule has 3 heteroatoms. The molecular formula is C18H27NOS. The van der Waals surface area contributed by atoms with Crippen LogP contribution in [0, 0.1) is 0 Å². The van der Waals surface area contributed by atoms with E-state index in [1.165, 1.54) is 32.1 Å². The van der Waals surface area contributed by atoms with Crippen LogP contribution < -0.4 is 5.32 Å². The third-order valence-corrected chi connectivity index (χ3v) is 5.31. The van der Waals surface area contributed by atoms with Gasteiger partial charge in [0.15, 0.2) is 0 Å². The molecule has 0 aromatic heterocycles. The van der Waals surface area contributed by atoms with Crippen LogP contribution in [-0.4, -0.2) is 17.7 Å². The van der Waals surface area contributed by atoms with E-state index in [9.17, 15) is 4.79 Å². The summed E-state index contributed by atoms with van der Waals surface area (Å²) in [6, 6.07) is 8.36. The molecule has 2 rings (SSSR count). The molecule has 0 atom stereocenters. The van der Waals surface area contributed by atoms with Crippen molar-refractivity contribution < 1.29 is 4.79 Å². The van der Waals surface area contributed by atoms with Gasteiger partial charge in [0.1, 0.15) is 0 Å². The number of carbonyl (C=O) groups excluding carboxylic acids is 1. The van der Waals surface area contributed by atoms with Crippen molar-refractivity contribution >= 4 is 17.7 Å². The van der Waals surface area contributed by atoms with Gasteiger partial charge in [-0.05, 0) is 37.1 Å². The van der Waals surface area contributed by atoms with E-state index >= 15 is 0 Å². The van der Waals surface area contributed by atoms with Crippen LogP contribution in [-0.2, 0) is 0 Å². The predicted molar refractivity (Wildman–Crippen MR) is 91.0 cm³/mol. The zero-order chi connectivity index (χ0) is 14.9. The lowest BCUT2D eigenvalue weighted by atomic mass is 9.96. The molecule has 0 heterocycles. The summed E-state index contributed by atoms with van der Waals surface area (Å²) in [5.41, 5.74) is 0.845. The molecule has 0 radical (unpaired) electrons. The normalized spacial score (nSPS) is 17.0. The second kappa shape index (κ2) is 9.14. The maximum Gasteiger partial charge on any atom is 0.252 e. The Morgan fingerprint density at radius 2 is 1.81 bits per heavy atom. The van der Waals surface area contributed by atoms with Gasteiger partial charge in [-0.3, -0.25) is 4.79 Å². The molecule has 0 spiro atoms. The minimum Gasteiger partial charge on any atom is -0.349 e. The van der Waals surface area contributed by atoms with E-state index < -0.39 is 0 Å². The van der Waals surface area contributed by atoms with Crippen LogP contribution in [0.15, 0.2) is 29.2 Å². The summed E-state index contributed by atoms with van der Waals surface area (Å²) >= 11 is 1.78. The molecular weight excluding hydrogens is 278 g/mol. The molecule has 1 aliphatic rings. The SMILES string of the molecule is CCCSc1ccccc1C(=O)NC1CCCCCCC1. The molecule has 1 aromatic rings. The fraction of sp³-hybridized carbons (Fsp3) is 0.611. The Hall–Kier alpha value is -0.960. The van der Waals surface area contributed by atoms with E-state index in [1.807, 2.05) is 18.2 Å². The van der Waals surface area contributed by atoms with Gasteiger partial charge in [-0.2, -0.15) is 0 Å². The number of nitrogens with one attached hydrogen (secondary N) is 1. The molecule has 1 fully saturated rings. The van der Waals surface area contributed by atoms with Gasteiger partial charge in [-0.1, -0.05) is 51.2 Å². The number of hydrogen-bond donors (Lipinski definition) is 1. The number of hydrogen-bond acceptors (Lipinski definition) is 2. The second-order valence-electron chi connectivity index (χ2n) is 5.86. The van der Waals surface area contributed by atoms with Crippen molar-refractivity contribution in [1.82, 2.24) is 5.32 Å². The van der Waals surface area contributed by atoms with Gasteiger partial charge in [-0.25, -0.2) is 0 Å². The molecule has 21 heavy (non-hydrogen) atoms. The van der Waals surface area contributed by atoms with Crippen LogP contribution in [0.2, 0.25) is 0 Å². The van der Waals surface area contributed by atoms with E-state index in [-0.39, 0.29) is 5.91 Å². The molecule has 2 nitrogen and oxygen atoms in total. The molecule has 1 aromatic carbocycles. The van der Waals surface area contributed by atoms with Crippen molar-refractivity contribution in [1.29, 1.82) is 0 Å². The Morgan fingerprint density at radius 3 is 2.52 bits per heavy atom. The maximum absolute atomic E-state index is 12.6. The monoisotopic (exact) mass is 305 g/mol. The van der Waals surface area contributed by atoms with Crippen LogP contribution in [0.5, 0.6) is 0 Å². The lowest BCUT2D eigenvalue weighted by molar-refractivity contribution is 0.0927. The van der Waals surface area contributed by atoms with Crippen molar-refractivity contribution in [2.75, 3.05) is 5.75 Å². The lowest BCUT2D eigenvalue weighted by Crippen LogP contribution is -2.35. The minimum absolute atomic E-state index is 0.111. The molecule has 0 bridgehead atoms. The largest absolute Gasteiger partial charge is 0.349 e. The highest BCUT2D eigenvalue weighted by molar-refractivity contribution is 7.99. The van der Waals surface area contributed by atoms with Crippen LogP contribution in [0.25, 0.3) is 0 Å². The predicted octanol–water partition coefficient (Wildman–Crippen LogP) is 5.03. The first-order valence-corrected chi connectivity index (χ1v) is 9.32. The summed E-state index contributed by atoms with van der Waals surface area (Å²) in [6.45, 7) is 2.17.